The highest BCUT2D eigenvalue weighted by molar-refractivity contribution is 5.96. The number of hydrogen-bond acceptors (Lipinski definition) is 3. The Bertz CT molecular complexity index is 1190. The summed E-state index contributed by atoms with van der Waals surface area (Å²) in [6.45, 7) is 1.01. The molecule has 0 aromatic heterocycles. The van der Waals surface area contributed by atoms with Gasteiger partial charge in [-0.3, -0.25) is 0 Å². The van der Waals surface area contributed by atoms with Crippen LogP contribution in [-0.4, -0.2) is 13.0 Å². The molecule has 0 aliphatic carbocycles. The van der Waals surface area contributed by atoms with Crippen molar-refractivity contribution in [2.75, 3.05) is 11.9 Å². The third-order valence-corrected chi connectivity index (χ3v) is 5.11. The maximum Gasteiger partial charge on any atom is 0.200 e. The predicted octanol–water partition coefficient (Wildman–Crippen LogP) is 5.93. The van der Waals surface area contributed by atoms with Crippen molar-refractivity contribution in [2.24, 2.45) is 10.7 Å². The Morgan fingerprint density at radius 1 is 0.697 bits per heavy atom. The van der Waals surface area contributed by atoms with Crippen LogP contribution in [0.25, 0.3) is 0 Å². The van der Waals surface area contributed by atoms with Gasteiger partial charge in [-0.15, -0.1) is 0 Å². The molecule has 33 heavy (non-hydrogen) atoms. The molecule has 5 nitrogen and oxygen atoms in total. The van der Waals surface area contributed by atoms with Gasteiger partial charge in [0.05, 0.1) is 5.69 Å². The van der Waals surface area contributed by atoms with E-state index in [9.17, 15) is 0 Å². The quantitative estimate of drug-likeness (QED) is 0.274. The molecule has 2 N–H and O–H groups in total. The molecule has 0 bridgehead atoms. The highest BCUT2D eigenvalue weighted by Crippen LogP contribution is 2.24. The maximum absolute atomic E-state index is 6.31. The van der Waals surface area contributed by atoms with Gasteiger partial charge in [0, 0.05) is 24.9 Å². The van der Waals surface area contributed by atoms with Gasteiger partial charge in [-0.2, -0.15) is 0 Å². The molecule has 0 aliphatic rings. The molecule has 4 rings (SSSR count). The second kappa shape index (κ2) is 10.9. The van der Waals surface area contributed by atoms with E-state index in [4.69, 9.17) is 15.2 Å². The van der Waals surface area contributed by atoms with Gasteiger partial charge in [-0.1, -0.05) is 72.8 Å². The van der Waals surface area contributed by atoms with Crippen molar-refractivity contribution >= 4 is 17.3 Å². The van der Waals surface area contributed by atoms with Crippen molar-refractivity contribution < 1.29 is 9.47 Å². The van der Waals surface area contributed by atoms with E-state index in [2.05, 4.69) is 4.99 Å². The molecule has 0 unspecified atom stereocenters. The van der Waals surface area contributed by atoms with E-state index < -0.39 is 0 Å². The summed E-state index contributed by atoms with van der Waals surface area (Å²) in [6.07, 6.45) is 0. The first kappa shape index (κ1) is 22.0. The minimum Gasteiger partial charge on any atom is -0.489 e. The molecular formula is C28H27N3O2. The molecular weight excluding hydrogens is 410 g/mol. The molecule has 4 aromatic carbocycles. The summed E-state index contributed by atoms with van der Waals surface area (Å²) < 4.78 is 11.8. The molecule has 5 heteroatoms. The van der Waals surface area contributed by atoms with Crippen LogP contribution in [-0.2, 0) is 13.2 Å². The van der Waals surface area contributed by atoms with Crippen molar-refractivity contribution in [3.05, 3.63) is 120 Å². The molecule has 0 fully saturated rings. The summed E-state index contributed by atoms with van der Waals surface area (Å²) in [7, 11) is 1.88. The lowest BCUT2D eigenvalue weighted by atomic mass is 10.2. The summed E-state index contributed by atoms with van der Waals surface area (Å²) in [5.41, 5.74) is 10.1. The fourth-order valence-corrected chi connectivity index (χ4v) is 3.25. The number of rotatable bonds is 8. The van der Waals surface area contributed by atoms with E-state index >= 15 is 0 Å². The lowest BCUT2D eigenvalue weighted by Gasteiger charge is -2.19. The molecule has 0 atom stereocenters. The van der Waals surface area contributed by atoms with Crippen LogP contribution in [0.4, 0.5) is 11.4 Å². The second-order valence-corrected chi connectivity index (χ2v) is 7.57. The first-order chi connectivity index (χ1) is 16.2. The van der Waals surface area contributed by atoms with Crippen molar-refractivity contribution in [3.63, 3.8) is 0 Å². The van der Waals surface area contributed by atoms with Gasteiger partial charge in [0.1, 0.15) is 24.7 Å². The van der Waals surface area contributed by atoms with Crippen LogP contribution >= 0.6 is 0 Å². The maximum atomic E-state index is 6.31. The highest BCUT2D eigenvalue weighted by atomic mass is 16.5. The molecule has 0 aliphatic heterocycles. The smallest absolute Gasteiger partial charge is 0.200 e. The summed E-state index contributed by atoms with van der Waals surface area (Å²) >= 11 is 0. The van der Waals surface area contributed by atoms with E-state index in [1.807, 2.05) is 121 Å². The van der Waals surface area contributed by atoms with Crippen LogP contribution in [0.3, 0.4) is 0 Å². The Morgan fingerprint density at radius 2 is 1.24 bits per heavy atom. The number of nitrogens with two attached hydrogens (primary N) is 1. The molecule has 0 amide bonds. The zero-order chi connectivity index (χ0) is 22.9. The minimum absolute atomic E-state index is 0.371. The van der Waals surface area contributed by atoms with Gasteiger partial charge < -0.3 is 20.1 Å². The van der Waals surface area contributed by atoms with Crippen LogP contribution in [0.2, 0.25) is 0 Å². The first-order valence-electron chi connectivity index (χ1n) is 10.8. The van der Waals surface area contributed by atoms with E-state index in [-0.39, 0.29) is 0 Å². The number of aliphatic imine (C=N–C) groups is 1. The van der Waals surface area contributed by atoms with Gasteiger partial charge in [-0.05, 0) is 35.4 Å². The summed E-state index contributed by atoms with van der Waals surface area (Å²) in [5.74, 6) is 1.88. The third-order valence-electron chi connectivity index (χ3n) is 5.11. The normalized spacial score (nSPS) is 11.1. The van der Waals surface area contributed by atoms with Crippen molar-refractivity contribution in [1.82, 2.24) is 0 Å². The summed E-state index contributed by atoms with van der Waals surface area (Å²) in [6, 6.07) is 35.5. The number of ether oxygens (including phenoxy) is 2. The second-order valence-electron chi connectivity index (χ2n) is 7.57. The average Bonchev–Trinajstić information content (AvgIpc) is 2.87. The standard InChI is InChI=1S/C28H27N3O2/c1-31(25-15-9-17-27(19-25)33-21-23-12-6-3-7-13-23)28(29)30-24-14-8-16-26(18-24)32-20-22-10-4-2-5-11-22/h2-19H,20-21H2,1H3,(H2,29,30). The Hall–Kier alpha value is -4.25. The molecule has 0 radical (unpaired) electrons. The fourth-order valence-electron chi connectivity index (χ4n) is 3.25. The molecule has 166 valence electrons. The molecule has 4 aromatic rings. The zero-order valence-corrected chi connectivity index (χ0v) is 18.6. The van der Waals surface area contributed by atoms with E-state index in [1.165, 1.54) is 0 Å². The Morgan fingerprint density at radius 3 is 1.85 bits per heavy atom. The minimum atomic E-state index is 0.371. The van der Waals surface area contributed by atoms with Crippen LogP contribution < -0.4 is 20.1 Å². The molecule has 0 heterocycles. The Kier molecular flexibility index (Phi) is 7.23. The number of benzene rings is 4. The van der Waals surface area contributed by atoms with Crippen LogP contribution in [0, 0.1) is 0 Å². The average molecular weight is 438 g/mol. The predicted molar refractivity (Wildman–Crippen MR) is 134 cm³/mol. The van der Waals surface area contributed by atoms with Crippen LogP contribution in [0.1, 0.15) is 11.1 Å². The van der Waals surface area contributed by atoms with Gasteiger partial charge in [0.2, 0.25) is 5.96 Å². The van der Waals surface area contributed by atoms with Gasteiger partial charge in [0.25, 0.3) is 0 Å². The number of guanidine groups is 1. The van der Waals surface area contributed by atoms with E-state index in [0.717, 1.165) is 34.0 Å². The first-order valence-corrected chi connectivity index (χ1v) is 10.8. The van der Waals surface area contributed by atoms with Crippen LogP contribution in [0.5, 0.6) is 11.5 Å². The van der Waals surface area contributed by atoms with E-state index in [0.29, 0.717) is 19.2 Å². The van der Waals surface area contributed by atoms with Gasteiger partial charge in [0.15, 0.2) is 0 Å². The Balaban J connectivity index is 1.41. The Labute approximate surface area is 194 Å². The highest BCUT2D eigenvalue weighted by Gasteiger charge is 2.08. The van der Waals surface area contributed by atoms with Gasteiger partial charge >= 0.3 is 0 Å². The number of nitrogens with zero attached hydrogens (tertiary/aromatic N) is 2. The van der Waals surface area contributed by atoms with E-state index in [1.54, 1.807) is 0 Å². The SMILES string of the molecule is CN(C(N)=Nc1cccc(OCc2ccccc2)c1)c1cccc(OCc2ccccc2)c1. The molecule has 0 saturated heterocycles. The third kappa shape index (κ3) is 6.37. The lowest BCUT2D eigenvalue weighted by Crippen LogP contribution is -2.33. The molecule has 0 spiro atoms. The van der Waals surface area contributed by atoms with Crippen molar-refractivity contribution in [2.45, 2.75) is 13.2 Å². The monoisotopic (exact) mass is 437 g/mol. The van der Waals surface area contributed by atoms with Crippen molar-refractivity contribution in [3.8, 4) is 11.5 Å². The topological polar surface area (TPSA) is 60.1 Å². The number of anilines is 1. The van der Waals surface area contributed by atoms with Gasteiger partial charge in [-0.25, -0.2) is 4.99 Å². The fraction of sp³-hybridized carbons (Fsp3) is 0.107. The zero-order valence-electron chi connectivity index (χ0n) is 18.6. The number of hydrogen-bond donors (Lipinski definition) is 1. The summed E-state index contributed by atoms with van der Waals surface area (Å²) in [4.78, 5) is 6.40. The van der Waals surface area contributed by atoms with Crippen molar-refractivity contribution in [1.29, 1.82) is 0 Å². The van der Waals surface area contributed by atoms with Crippen LogP contribution in [0.15, 0.2) is 114 Å². The lowest BCUT2D eigenvalue weighted by molar-refractivity contribution is 0.306. The summed E-state index contributed by atoms with van der Waals surface area (Å²) in [5, 5.41) is 0. The largest absolute Gasteiger partial charge is 0.489 e. The molecule has 0 saturated carbocycles.